The standard InChI is InChI=1S/C19H30N4O2/c1-14-12-22(4)10-9-17(14)23(5)19(25)18(24)20-16-8-6-7-15(11-16)13-21(2)3/h6-8,11,14,17H,9-10,12-13H2,1-5H3,(H,20,24)/t14-,17+/m0/s1. The molecule has 1 heterocycles. The Labute approximate surface area is 150 Å². The van der Waals surface area contributed by atoms with Gasteiger partial charge in [-0.2, -0.15) is 0 Å². The first kappa shape index (κ1) is 19.4. The van der Waals surface area contributed by atoms with E-state index in [2.05, 4.69) is 29.1 Å². The number of anilines is 1. The average Bonchev–Trinajstić information content (AvgIpc) is 2.53. The number of nitrogens with zero attached hydrogens (tertiary/aromatic N) is 3. The van der Waals surface area contributed by atoms with Gasteiger partial charge in [-0.05, 0) is 57.7 Å². The summed E-state index contributed by atoms with van der Waals surface area (Å²) in [4.78, 5) is 30.8. The lowest BCUT2D eigenvalue weighted by Gasteiger charge is -2.39. The molecule has 1 aliphatic rings. The highest BCUT2D eigenvalue weighted by molar-refractivity contribution is 6.39. The van der Waals surface area contributed by atoms with Crippen molar-refractivity contribution in [3.05, 3.63) is 29.8 Å². The van der Waals surface area contributed by atoms with Crippen LogP contribution in [0.3, 0.4) is 0 Å². The molecule has 2 atom stereocenters. The molecule has 0 aromatic heterocycles. The first-order chi connectivity index (χ1) is 11.8. The van der Waals surface area contributed by atoms with Crippen molar-refractivity contribution < 1.29 is 9.59 Å². The zero-order valence-electron chi connectivity index (χ0n) is 16.0. The molecule has 1 N–H and O–H groups in total. The largest absolute Gasteiger partial charge is 0.334 e. The quantitative estimate of drug-likeness (QED) is 0.839. The maximum absolute atomic E-state index is 12.5. The van der Waals surface area contributed by atoms with Crippen molar-refractivity contribution in [3.8, 4) is 0 Å². The predicted octanol–water partition coefficient (Wildman–Crippen LogP) is 1.49. The van der Waals surface area contributed by atoms with Crippen LogP contribution in [0.1, 0.15) is 18.9 Å². The summed E-state index contributed by atoms with van der Waals surface area (Å²) in [6.45, 7) is 4.80. The van der Waals surface area contributed by atoms with Crippen molar-refractivity contribution in [1.82, 2.24) is 14.7 Å². The van der Waals surface area contributed by atoms with Gasteiger partial charge in [0, 0.05) is 31.9 Å². The van der Waals surface area contributed by atoms with Crippen LogP contribution < -0.4 is 5.32 Å². The third-order valence-corrected chi connectivity index (χ3v) is 4.76. The first-order valence-electron chi connectivity index (χ1n) is 8.78. The molecule has 1 fully saturated rings. The Morgan fingerprint density at radius 1 is 1.28 bits per heavy atom. The molecule has 0 spiro atoms. The van der Waals surface area contributed by atoms with Gasteiger partial charge in [0.25, 0.3) is 0 Å². The molecule has 25 heavy (non-hydrogen) atoms. The van der Waals surface area contributed by atoms with Gasteiger partial charge in [-0.1, -0.05) is 19.1 Å². The van der Waals surface area contributed by atoms with Gasteiger partial charge in [0.15, 0.2) is 0 Å². The van der Waals surface area contributed by atoms with Gasteiger partial charge in [0.2, 0.25) is 0 Å². The number of benzene rings is 1. The van der Waals surface area contributed by atoms with Crippen LogP contribution in [0.4, 0.5) is 5.69 Å². The summed E-state index contributed by atoms with van der Waals surface area (Å²) in [6, 6.07) is 7.71. The van der Waals surface area contributed by atoms with E-state index < -0.39 is 11.8 Å². The van der Waals surface area contributed by atoms with Crippen LogP contribution in [-0.4, -0.2) is 73.8 Å². The van der Waals surface area contributed by atoms with E-state index in [1.165, 1.54) is 0 Å². The van der Waals surface area contributed by atoms with E-state index in [0.717, 1.165) is 31.6 Å². The number of amides is 2. The molecule has 2 rings (SSSR count). The first-order valence-corrected chi connectivity index (χ1v) is 8.78. The minimum absolute atomic E-state index is 0.106. The molecular weight excluding hydrogens is 316 g/mol. The summed E-state index contributed by atoms with van der Waals surface area (Å²) in [6.07, 6.45) is 0.894. The molecule has 0 saturated carbocycles. The third kappa shape index (κ3) is 5.28. The molecule has 6 nitrogen and oxygen atoms in total. The van der Waals surface area contributed by atoms with Crippen LogP contribution in [0.25, 0.3) is 0 Å². The fourth-order valence-corrected chi connectivity index (χ4v) is 3.53. The normalized spacial score (nSPS) is 21.2. The molecule has 0 aliphatic carbocycles. The second kappa shape index (κ2) is 8.45. The molecule has 6 heteroatoms. The minimum Gasteiger partial charge on any atom is -0.334 e. The summed E-state index contributed by atoms with van der Waals surface area (Å²) in [5.41, 5.74) is 1.75. The van der Waals surface area contributed by atoms with E-state index in [0.29, 0.717) is 11.6 Å². The van der Waals surface area contributed by atoms with Gasteiger partial charge in [0.05, 0.1) is 0 Å². The van der Waals surface area contributed by atoms with Crippen LogP contribution >= 0.6 is 0 Å². The summed E-state index contributed by atoms with van der Waals surface area (Å²) in [7, 11) is 7.80. The molecule has 2 amide bonds. The second-order valence-electron chi connectivity index (χ2n) is 7.40. The lowest BCUT2D eigenvalue weighted by molar-refractivity contribution is -0.145. The maximum atomic E-state index is 12.5. The Kier molecular flexibility index (Phi) is 6.56. The Morgan fingerprint density at radius 3 is 2.64 bits per heavy atom. The molecule has 0 bridgehead atoms. The number of likely N-dealkylation sites (N-methyl/N-ethyl adjacent to an activating group) is 1. The molecule has 1 saturated heterocycles. The fourth-order valence-electron chi connectivity index (χ4n) is 3.53. The van der Waals surface area contributed by atoms with Gasteiger partial charge >= 0.3 is 11.8 Å². The summed E-state index contributed by atoms with van der Waals surface area (Å²) >= 11 is 0. The Bertz CT molecular complexity index is 617. The van der Waals surface area contributed by atoms with Crippen molar-refractivity contribution in [2.75, 3.05) is 46.6 Å². The van der Waals surface area contributed by atoms with Crippen molar-refractivity contribution in [1.29, 1.82) is 0 Å². The Balaban J connectivity index is 1.99. The van der Waals surface area contributed by atoms with Gasteiger partial charge in [0.1, 0.15) is 0 Å². The van der Waals surface area contributed by atoms with Crippen LogP contribution in [0.5, 0.6) is 0 Å². The smallest absolute Gasteiger partial charge is 0.313 e. The molecular formula is C19H30N4O2. The van der Waals surface area contributed by atoms with E-state index in [1.54, 1.807) is 11.9 Å². The van der Waals surface area contributed by atoms with Crippen LogP contribution in [0.15, 0.2) is 24.3 Å². The lowest BCUT2D eigenvalue weighted by atomic mass is 9.93. The molecule has 1 aliphatic heterocycles. The van der Waals surface area contributed by atoms with E-state index in [1.807, 2.05) is 38.4 Å². The van der Waals surface area contributed by atoms with E-state index in [4.69, 9.17) is 0 Å². The van der Waals surface area contributed by atoms with Gasteiger partial charge in [-0.15, -0.1) is 0 Å². The van der Waals surface area contributed by atoms with E-state index in [-0.39, 0.29) is 6.04 Å². The van der Waals surface area contributed by atoms with Gasteiger partial charge < -0.3 is 20.0 Å². The Hall–Kier alpha value is -1.92. The third-order valence-electron chi connectivity index (χ3n) is 4.76. The lowest BCUT2D eigenvalue weighted by Crippen LogP contribution is -2.52. The van der Waals surface area contributed by atoms with Crippen LogP contribution in [0, 0.1) is 5.92 Å². The summed E-state index contributed by atoms with van der Waals surface area (Å²) in [5, 5.41) is 2.74. The number of nitrogens with one attached hydrogen (secondary N) is 1. The number of hydrogen-bond donors (Lipinski definition) is 1. The monoisotopic (exact) mass is 346 g/mol. The number of hydrogen-bond acceptors (Lipinski definition) is 4. The van der Waals surface area contributed by atoms with E-state index in [9.17, 15) is 9.59 Å². The number of carbonyl (C=O) groups is 2. The molecule has 0 unspecified atom stereocenters. The molecule has 1 aromatic rings. The number of rotatable bonds is 4. The van der Waals surface area contributed by atoms with Gasteiger partial charge in [-0.3, -0.25) is 9.59 Å². The van der Waals surface area contributed by atoms with Crippen molar-refractivity contribution in [2.45, 2.75) is 25.9 Å². The summed E-state index contributed by atoms with van der Waals surface area (Å²) in [5.74, 6) is -0.695. The number of likely N-dealkylation sites (tertiary alicyclic amines) is 1. The highest BCUT2D eigenvalue weighted by Crippen LogP contribution is 2.20. The van der Waals surface area contributed by atoms with Crippen molar-refractivity contribution in [2.24, 2.45) is 5.92 Å². The van der Waals surface area contributed by atoms with Crippen LogP contribution in [-0.2, 0) is 16.1 Å². The summed E-state index contributed by atoms with van der Waals surface area (Å²) < 4.78 is 0. The topological polar surface area (TPSA) is 55.9 Å². The minimum atomic E-state index is -0.573. The zero-order chi connectivity index (χ0) is 18.6. The van der Waals surface area contributed by atoms with Crippen LogP contribution in [0.2, 0.25) is 0 Å². The Morgan fingerprint density at radius 2 is 2.00 bits per heavy atom. The highest BCUT2D eigenvalue weighted by Gasteiger charge is 2.32. The fraction of sp³-hybridized carbons (Fsp3) is 0.579. The molecule has 138 valence electrons. The van der Waals surface area contributed by atoms with Crippen molar-refractivity contribution >= 4 is 17.5 Å². The number of piperidine rings is 1. The number of carbonyl (C=O) groups excluding carboxylic acids is 2. The zero-order valence-corrected chi connectivity index (χ0v) is 16.0. The molecule has 1 aromatic carbocycles. The predicted molar refractivity (Wildman–Crippen MR) is 100 cm³/mol. The highest BCUT2D eigenvalue weighted by atomic mass is 16.2. The molecule has 0 radical (unpaired) electrons. The maximum Gasteiger partial charge on any atom is 0.313 e. The average molecular weight is 346 g/mol. The van der Waals surface area contributed by atoms with E-state index >= 15 is 0 Å². The van der Waals surface area contributed by atoms with Gasteiger partial charge in [-0.25, -0.2) is 0 Å². The second-order valence-corrected chi connectivity index (χ2v) is 7.40. The SMILES string of the molecule is C[C@H]1CN(C)CC[C@H]1N(C)C(=O)C(=O)Nc1cccc(CN(C)C)c1. The van der Waals surface area contributed by atoms with Crippen molar-refractivity contribution in [3.63, 3.8) is 0 Å².